The Morgan fingerprint density at radius 2 is 1.79 bits per heavy atom. The molecular formula is C20H19F4N5O3S. The van der Waals surface area contributed by atoms with E-state index in [2.05, 4.69) is 15.4 Å². The molecule has 33 heavy (non-hydrogen) atoms. The molecule has 1 saturated carbocycles. The van der Waals surface area contributed by atoms with Gasteiger partial charge >= 0.3 is 0 Å². The third kappa shape index (κ3) is 3.83. The van der Waals surface area contributed by atoms with Gasteiger partial charge in [-0.15, -0.1) is 5.10 Å². The molecule has 0 bridgehead atoms. The summed E-state index contributed by atoms with van der Waals surface area (Å²) in [7, 11) is -3.43. The van der Waals surface area contributed by atoms with Gasteiger partial charge in [0.05, 0.1) is 34.8 Å². The van der Waals surface area contributed by atoms with Crippen LogP contribution in [0.3, 0.4) is 0 Å². The number of β-amino-alcohol motifs (C(OH)–C–C–N with tert-alkyl or cyclic N) is 1. The van der Waals surface area contributed by atoms with Gasteiger partial charge in [0.25, 0.3) is 0 Å². The Hall–Kier alpha value is -2.77. The molecule has 1 aromatic carbocycles. The number of hydrogen-bond acceptors (Lipinski definition) is 6. The van der Waals surface area contributed by atoms with Crippen molar-refractivity contribution in [2.45, 2.75) is 36.7 Å². The molecule has 8 nitrogen and oxygen atoms in total. The van der Waals surface area contributed by atoms with E-state index in [1.165, 1.54) is 4.31 Å². The van der Waals surface area contributed by atoms with Crippen LogP contribution in [-0.4, -0.2) is 62.9 Å². The van der Waals surface area contributed by atoms with Crippen LogP contribution < -0.4 is 5.32 Å². The van der Waals surface area contributed by atoms with Gasteiger partial charge in [-0.05, 0) is 31.4 Å². The molecule has 5 rings (SSSR count). The van der Waals surface area contributed by atoms with Crippen LogP contribution in [0.1, 0.15) is 19.3 Å². The fraction of sp³-hybridized carbons (Fsp3) is 0.400. The summed E-state index contributed by atoms with van der Waals surface area (Å²) in [6.45, 7) is 0.0980. The number of halogens is 4. The Labute approximate surface area is 185 Å². The molecule has 1 aliphatic carbocycles. The summed E-state index contributed by atoms with van der Waals surface area (Å²) in [6.07, 6.45) is 1.52. The Kier molecular flexibility index (Phi) is 5.29. The highest BCUT2D eigenvalue weighted by Gasteiger charge is 2.43. The molecule has 0 unspecified atom stereocenters. The van der Waals surface area contributed by atoms with Gasteiger partial charge in [-0.2, -0.15) is 4.31 Å². The summed E-state index contributed by atoms with van der Waals surface area (Å²) >= 11 is 0. The van der Waals surface area contributed by atoms with E-state index < -0.39 is 51.0 Å². The largest absolute Gasteiger partial charge is 0.390 e. The number of aliphatic hydroxyl groups excluding tert-OH is 1. The van der Waals surface area contributed by atoms with E-state index in [-0.39, 0.29) is 41.9 Å². The van der Waals surface area contributed by atoms with Crippen LogP contribution in [0.15, 0.2) is 24.4 Å². The van der Waals surface area contributed by atoms with Crippen molar-refractivity contribution in [1.29, 1.82) is 0 Å². The van der Waals surface area contributed by atoms with Crippen LogP contribution in [-0.2, 0) is 10.0 Å². The lowest BCUT2D eigenvalue weighted by atomic mass is 10.0. The van der Waals surface area contributed by atoms with Gasteiger partial charge in [0.2, 0.25) is 16.0 Å². The van der Waals surface area contributed by atoms with Crippen LogP contribution in [0.2, 0.25) is 0 Å². The van der Waals surface area contributed by atoms with Crippen LogP contribution >= 0.6 is 0 Å². The van der Waals surface area contributed by atoms with Crippen molar-refractivity contribution < 1.29 is 31.1 Å². The lowest BCUT2D eigenvalue weighted by Gasteiger charge is -2.35. The number of piperidine rings is 1. The zero-order valence-corrected chi connectivity index (χ0v) is 17.9. The molecule has 2 atom stereocenters. The van der Waals surface area contributed by atoms with E-state index in [4.69, 9.17) is 0 Å². The average molecular weight is 485 g/mol. The van der Waals surface area contributed by atoms with Crippen LogP contribution in [0.25, 0.3) is 16.8 Å². The van der Waals surface area contributed by atoms with Gasteiger partial charge < -0.3 is 10.4 Å². The van der Waals surface area contributed by atoms with Crippen molar-refractivity contribution in [2.24, 2.45) is 0 Å². The zero-order chi connectivity index (χ0) is 23.5. The van der Waals surface area contributed by atoms with Crippen LogP contribution in [0.5, 0.6) is 0 Å². The minimum atomic E-state index is -3.43. The van der Waals surface area contributed by atoms with Crippen molar-refractivity contribution in [2.75, 3.05) is 18.4 Å². The molecule has 0 spiro atoms. The smallest absolute Gasteiger partial charge is 0.241 e. The predicted molar refractivity (Wildman–Crippen MR) is 110 cm³/mol. The third-order valence-corrected chi connectivity index (χ3v) is 8.30. The third-order valence-electron chi connectivity index (χ3n) is 5.93. The van der Waals surface area contributed by atoms with Gasteiger partial charge in [0.1, 0.15) is 11.3 Å². The Bertz CT molecular complexity index is 1350. The lowest BCUT2D eigenvalue weighted by Crippen LogP contribution is -2.52. The summed E-state index contributed by atoms with van der Waals surface area (Å²) < 4.78 is 83.6. The van der Waals surface area contributed by atoms with Gasteiger partial charge in [-0.1, -0.05) is 0 Å². The standard InChI is InChI=1S/C20H19F4N5O3S/c21-11-3-4-12(22)19(24)18(11)15-7-13(23)16-8-25-20(27-29(15)16)26-14-5-6-28(9-17(14)30)33(31,32)10-1-2-10/h3-4,7-8,10,14,17,30H,1-2,5-6,9H2,(H,26,27)/t14-,17-/m1/s1. The molecule has 13 heteroatoms. The van der Waals surface area contributed by atoms with Crippen LogP contribution in [0.4, 0.5) is 23.5 Å². The number of aliphatic hydroxyl groups is 1. The summed E-state index contributed by atoms with van der Waals surface area (Å²) in [5.41, 5.74) is -1.32. The summed E-state index contributed by atoms with van der Waals surface area (Å²) in [5, 5.41) is 17.0. The Balaban J connectivity index is 1.43. The molecule has 176 valence electrons. The summed E-state index contributed by atoms with van der Waals surface area (Å²) in [4.78, 5) is 3.98. The van der Waals surface area contributed by atoms with Gasteiger partial charge in [-0.3, -0.25) is 0 Å². The minimum Gasteiger partial charge on any atom is -0.390 e. The molecule has 1 saturated heterocycles. The average Bonchev–Trinajstić information content (AvgIpc) is 3.59. The molecule has 3 aromatic rings. The van der Waals surface area contributed by atoms with Crippen LogP contribution in [0, 0.1) is 23.3 Å². The second-order valence-electron chi connectivity index (χ2n) is 8.18. The fourth-order valence-corrected chi connectivity index (χ4v) is 5.88. The molecule has 2 N–H and O–H groups in total. The summed E-state index contributed by atoms with van der Waals surface area (Å²) in [5.74, 6) is -4.83. The maximum Gasteiger partial charge on any atom is 0.241 e. The molecule has 2 aromatic heterocycles. The first-order chi connectivity index (χ1) is 15.7. The number of benzene rings is 1. The number of fused-ring (bicyclic) bond motifs is 1. The highest BCUT2D eigenvalue weighted by atomic mass is 32.2. The van der Waals surface area contributed by atoms with Gasteiger partial charge in [0.15, 0.2) is 17.5 Å². The van der Waals surface area contributed by atoms with E-state index in [9.17, 15) is 31.1 Å². The Morgan fingerprint density at radius 3 is 2.48 bits per heavy atom. The number of anilines is 1. The summed E-state index contributed by atoms with van der Waals surface area (Å²) in [6, 6.07) is 1.56. The first-order valence-corrected chi connectivity index (χ1v) is 11.8. The molecule has 0 radical (unpaired) electrons. The van der Waals surface area contributed by atoms with Gasteiger partial charge in [-0.25, -0.2) is 35.5 Å². The van der Waals surface area contributed by atoms with Crippen molar-refractivity contribution in [1.82, 2.24) is 18.9 Å². The van der Waals surface area contributed by atoms with Crippen molar-refractivity contribution >= 4 is 21.5 Å². The second-order valence-corrected chi connectivity index (χ2v) is 10.4. The normalized spacial score (nSPS) is 22.1. The minimum absolute atomic E-state index is 0.0841. The molecular weight excluding hydrogens is 466 g/mol. The topological polar surface area (TPSA) is 99.8 Å². The first kappa shape index (κ1) is 22.0. The monoisotopic (exact) mass is 485 g/mol. The first-order valence-electron chi connectivity index (χ1n) is 10.3. The lowest BCUT2D eigenvalue weighted by molar-refractivity contribution is 0.0946. The highest BCUT2D eigenvalue weighted by Crippen LogP contribution is 2.33. The number of hydrogen-bond donors (Lipinski definition) is 2. The van der Waals surface area contributed by atoms with Crippen molar-refractivity contribution in [3.8, 4) is 11.3 Å². The second kappa shape index (κ2) is 7.92. The molecule has 0 amide bonds. The maximum absolute atomic E-state index is 14.4. The maximum atomic E-state index is 14.4. The Morgan fingerprint density at radius 1 is 1.06 bits per heavy atom. The van der Waals surface area contributed by atoms with E-state index >= 15 is 0 Å². The van der Waals surface area contributed by atoms with E-state index in [0.29, 0.717) is 18.9 Å². The van der Waals surface area contributed by atoms with Crippen molar-refractivity contribution in [3.63, 3.8) is 0 Å². The molecule has 1 aliphatic heterocycles. The van der Waals surface area contributed by atoms with Gasteiger partial charge in [0, 0.05) is 19.2 Å². The number of rotatable bonds is 5. The van der Waals surface area contributed by atoms with E-state index in [0.717, 1.165) is 22.8 Å². The number of aromatic nitrogens is 3. The fourth-order valence-electron chi connectivity index (χ4n) is 4.00. The zero-order valence-electron chi connectivity index (χ0n) is 17.0. The molecule has 2 fully saturated rings. The number of sulfonamides is 1. The molecule has 2 aliphatic rings. The quantitative estimate of drug-likeness (QED) is 0.425. The number of nitrogens with zero attached hydrogens (tertiary/aromatic N) is 4. The highest BCUT2D eigenvalue weighted by molar-refractivity contribution is 7.90. The predicted octanol–water partition coefficient (Wildman–Crippen LogP) is 2.29. The number of nitrogens with one attached hydrogen (secondary N) is 1. The van der Waals surface area contributed by atoms with Crippen molar-refractivity contribution in [3.05, 3.63) is 47.7 Å². The van der Waals surface area contributed by atoms with E-state index in [1.54, 1.807) is 0 Å². The SMILES string of the molecule is O=S(=O)(C1CC1)N1CC[C@@H](Nc2ncc3c(F)cc(-c4c(F)ccc(F)c4F)n3n2)[C@H](O)C1. The van der Waals surface area contributed by atoms with E-state index in [1.807, 2.05) is 0 Å². The molecule has 3 heterocycles.